The van der Waals surface area contributed by atoms with Crippen LogP contribution in [0.5, 0.6) is 5.88 Å². The number of imidazole rings is 1. The third-order valence-electron chi connectivity index (χ3n) is 4.51. The molecule has 0 saturated carbocycles. The Balaban J connectivity index is 1.59. The molecule has 0 aromatic carbocycles. The summed E-state index contributed by atoms with van der Waals surface area (Å²) in [5.41, 5.74) is 1.87. The van der Waals surface area contributed by atoms with Gasteiger partial charge in [-0.15, -0.1) is 5.10 Å². The van der Waals surface area contributed by atoms with Crippen molar-refractivity contribution in [1.29, 1.82) is 0 Å². The van der Waals surface area contributed by atoms with E-state index in [9.17, 15) is 4.79 Å². The van der Waals surface area contributed by atoms with Crippen molar-refractivity contribution in [3.05, 3.63) is 29.3 Å². The highest BCUT2D eigenvalue weighted by Gasteiger charge is 2.32. The molecular weight excluding hydrogens is 440 g/mol. The maximum absolute atomic E-state index is 12.3. The van der Waals surface area contributed by atoms with E-state index in [0.29, 0.717) is 31.0 Å². The molecule has 3 aromatic rings. The van der Waals surface area contributed by atoms with Crippen LogP contribution in [0.1, 0.15) is 27.2 Å². The molecule has 1 aliphatic rings. The number of carbonyl (C=O) groups excluding carboxylic acids is 1. The van der Waals surface area contributed by atoms with E-state index in [1.165, 1.54) is 0 Å². The monoisotopic (exact) mass is 462 g/mol. The lowest BCUT2D eigenvalue weighted by atomic mass is 10.1. The van der Waals surface area contributed by atoms with Crippen molar-refractivity contribution in [1.82, 2.24) is 29.3 Å². The van der Waals surface area contributed by atoms with E-state index in [1.807, 2.05) is 40.1 Å². The molecule has 0 aliphatic carbocycles. The van der Waals surface area contributed by atoms with Gasteiger partial charge in [0.2, 0.25) is 5.88 Å². The minimum Gasteiger partial charge on any atom is -0.471 e. The minimum atomic E-state index is -0.524. The highest BCUT2D eigenvalue weighted by Crippen LogP contribution is 2.31. The van der Waals surface area contributed by atoms with Crippen molar-refractivity contribution in [2.45, 2.75) is 38.9 Å². The van der Waals surface area contributed by atoms with Crippen LogP contribution in [0.25, 0.3) is 16.8 Å². The Kier molecular flexibility index (Phi) is 4.97. The van der Waals surface area contributed by atoms with E-state index in [4.69, 9.17) is 9.47 Å². The Hall–Kier alpha value is -2.62. The molecule has 154 valence electrons. The zero-order valence-corrected chi connectivity index (χ0v) is 18.4. The van der Waals surface area contributed by atoms with Crippen molar-refractivity contribution in [3.8, 4) is 17.0 Å². The van der Waals surface area contributed by atoms with Crippen LogP contribution in [0.15, 0.2) is 29.3 Å². The molecule has 0 spiro atoms. The number of rotatable bonds is 3. The molecule has 1 atom stereocenters. The second-order valence-corrected chi connectivity index (χ2v) is 8.88. The third-order valence-corrected chi connectivity index (χ3v) is 5.05. The topological polar surface area (TPSA) is 86.8 Å². The van der Waals surface area contributed by atoms with E-state index in [1.54, 1.807) is 26.5 Å². The lowest BCUT2D eigenvalue weighted by Crippen LogP contribution is -2.36. The first kappa shape index (κ1) is 19.7. The first-order valence-electron chi connectivity index (χ1n) is 9.37. The smallest absolute Gasteiger partial charge is 0.410 e. The van der Waals surface area contributed by atoms with E-state index in [0.717, 1.165) is 15.7 Å². The Morgan fingerprint density at radius 2 is 2.10 bits per heavy atom. The fourth-order valence-electron chi connectivity index (χ4n) is 3.20. The summed E-state index contributed by atoms with van der Waals surface area (Å²) in [7, 11) is 1.86. The molecule has 29 heavy (non-hydrogen) atoms. The maximum Gasteiger partial charge on any atom is 0.410 e. The number of likely N-dealkylation sites (tertiary alicyclic amines) is 1. The number of nitrogens with zero attached hydrogens (tertiary/aromatic N) is 6. The van der Waals surface area contributed by atoms with Crippen molar-refractivity contribution in [2.24, 2.45) is 7.05 Å². The number of aryl methyl sites for hydroxylation is 1. The van der Waals surface area contributed by atoms with Gasteiger partial charge in [-0.25, -0.2) is 14.3 Å². The summed E-state index contributed by atoms with van der Waals surface area (Å²) < 4.78 is 15.8. The van der Waals surface area contributed by atoms with Gasteiger partial charge in [-0.1, -0.05) is 0 Å². The summed E-state index contributed by atoms with van der Waals surface area (Å²) in [6.07, 6.45) is 5.57. The van der Waals surface area contributed by atoms with Crippen molar-refractivity contribution < 1.29 is 14.3 Å². The predicted octanol–water partition coefficient (Wildman–Crippen LogP) is 3.28. The van der Waals surface area contributed by atoms with E-state index in [-0.39, 0.29) is 12.2 Å². The van der Waals surface area contributed by atoms with Gasteiger partial charge in [0.05, 0.1) is 24.5 Å². The van der Waals surface area contributed by atoms with Gasteiger partial charge in [-0.05, 0) is 42.8 Å². The van der Waals surface area contributed by atoms with Crippen LogP contribution in [0.4, 0.5) is 4.79 Å². The molecule has 4 rings (SSSR count). The van der Waals surface area contributed by atoms with E-state index < -0.39 is 5.60 Å². The molecule has 9 nitrogen and oxygen atoms in total. The Labute approximate surface area is 176 Å². The van der Waals surface area contributed by atoms with Gasteiger partial charge in [0.1, 0.15) is 16.3 Å². The molecule has 3 aromatic heterocycles. The normalized spacial score (nSPS) is 17.1. The Morgan fingerprint density at radius 3 is 2.79 bits per heavy atom. The second-order valence-electron chi connectivity index (χ2n) is 8.07. The number of hydrogen-bond donors (Lipinski definition) is 0. The summed E-state index contributed by atoms with van der Waals surface area (Å²) in [5, 5.41) is 8.87. The molecule has 0 unspecified atom stereocenters. The molecule has 1 fully saturated rings. The molecule has 1 saturated heterocycles. The summed E-state index contributed by atoms with van der Waals surface area (Å²) >= 11 is 3.45. The quantitative estimate of drug-likeness (QED) is 0.593. The van der Waals surface area contributed by atoms with Crippen LogP contribution in [0.2, 0.25) is 0 Å². The molecule has 1 aliphatic heterocycles. The minimum absolute atomic E-state index is 0.176. The summed E-state index contributed by atoms with van der Waals surface area (Å²) in [5.74, 6) is 0.472. The number of hydrogen-bond acceptors (Lipinski definition) is 6. The fraction of sp³-hybridized carbons (Fsp3) is 0.474. The molecule has 1 amide bonds. The van der Waals surface area contributed by atoms with Gasteiger partial charge in [0, 0.05) is 31.8 Å². The van der Waals surface area contributed by atoms with Gasteiger partial charge in [-0.2, -0.15) is 5.10 Å². The highest BCUT2D eigenvalue weighted by molar-refractivity contribution is 9.10. The fourth-order valence-corrected chi connectivity index (χ4v) is 3.56. The standard InChI is InChI=1S/C19H23BrN6O3/c1-19(2,3)29-18(27)25-6-5-13(11-25)28-17-14(12-8-22-24(4)10-12)7-16-21-9-15(20)26(16)23-17/h7-10,13H,5-6,11H2,1-4H3/t13-/m0/s1. The number of ether oxygens (including phenoxy) is 2. The number of carbonyl (C=O) groups is 1. The second kappa shape index (κ2) is 7.33. The zero-order valence-electron chi connectivity index (χ0n) is 16.8. The van der Waals surface area contributed by atoms with Crippen LogP contribution in [0.3, 0.4) is 0 Å². The number of amides is 1. The average Bonchev–Trinajstić information content (AvgIpc) is 3.34. The van der Waals surface area contributed by atoms with Crippen molar-refractivity contribution in [2.75, 3.05) is 13.1 Å². The van der Waals surface area contributed by atoms with Crippen molar-refractivity contribution in [3.63, 3.8) is 0 Å². The van der Waals surface area contributed by atoms with Gasteiger partial charge in [0.25, 0.3) is 0 Å². The van der Waals surface area contributed by atoms with Gasteiger partial charge >= 0.3 is 6.09 Å². The molecule has 4 heterocycles. The first-order chi connectivity index (χ1) is 13.7. The van der Waals surface area contributed by atoms with E-state index in [2.05, 4.69) is 31.1 Å². The van der Waals surface area contributed by atoms with Crippen LogP contribution in [-0.4, -0.2) is 60.2 Å². The van der Waals surface area contributed by atoms with Gasteiger partial charge in [0.15, 0.2) is 5.65 Å². The number of halogens is 1. The van der Waals surface area contributed by atoms with Crippen molar-refractivity contribution >= 4 is 27.7 Å². The van der Waals surface area contributed by atoms with E-state index >= 15 is 0 Å². The Morgan fingerprint density at radius 1 is 1.31 bits per heavy atom. The summed E-state index contributed by atoms with van der Waals surface area (Å²) in [6.45, 7) is 6.61. The lowest BCUT2D eigenvalue weighted by Gasteiger charge is -2.24. The summed E-state index contributed by atoms with van der Waals surface area (Å²) in [6, 6.07) is 1.92. The van der Waals surface area contributed by atoms with Crippen LogP contribution < -0.4 is 4.74 Å². The lowest BCUT2D eigenvalue weighted by molar-refractivity contribution is 0.0275. The first-order valence-corrected chi connectivity index (χ1v) is 10.2. The molecular formula is C19H23BrN6O3. The number of aromatic nitrogens is 5. The maximum atomic E-state index is 12.3. The SMILES string of the molecule is Cn1cc(-c2cc3ncc(Br)n3nc2O[C@H]2CCN(C(=O)OC(C)(C)C)C2)cn1. The predicted molar refractivity (Wildman–Crippen MR) is 110 cm³/mol. The third kappa shape index (κ3) is 4.21. The van der Waals surface area contributed by atoms with Crippen LogP contribution in [0, 0.1) is 0 Å². The molecule has 0 radical (unpaired) electrons. The molecule has 10 heteroatoms. The van der Waals surface area contributed by atoms with Gasteiger partial charge < -0.3 is 14.4 Å². The zero-order chi connectivity index (χ0) is 20.8. The molecule has 0 N–H and O–H groups in total. The average molecular weight is 463 g/mol. The number of fused-ring (bicyclic) bond motifs is 1. The largest absolute Gasteiger partial charge is 0.471 e. The highest BCUT2D eigenvalue weighted by atomic mass is 79.9. The molecule has 0 bridgehead atoms. The van der Waals surface area contributed by atoms with Crippen LogP contribution >= 0.6 is 15.9 Å². The summed E-state index contributed by atoms with van der Waals surface area (Å²) in [4.78, 5) is 18.4. The van der Waals surface area contributed by atoms with Gasteiger partial charge in [-0.3, -0.25) is 4.68 Å². The Bertz CT molecular complexity index is 1050. The van der Waals surface area contributed by atoms with Crippen LogP contribution in [-0.2, 0) is 11.8 Å².